The minimum Gasteiger partial charge on any atom is -0.464 e. The second kappa shape index (κ2) is 6.37. The van der Waals surface area contributed by atoms with Gasteiger partial charge in [0.2, 0.25) is 5.88 Å². The Morgan fingerprint density at radius 1 is 1.00 bits per heavy atom. The summed E-state index contributed by atoms with van der Waals surface area (Å²) in [6.45, 7) is 0. The van der Waals surface area contributed by atoms with E-state index in [0.29, 0.717) is 11.3 Å². The van der Waals surface area contributed by atoms with E-state index in [-0.39, 0.29) is 21.7 Å². The van der Waals surface area contributed by atoms with Crippen molar-refractivity contribution in [2.24, 2.45) is 0 Å². The highest BCUT2D eigenvalue weighted by Gasteiger charge is 2.32. The van der Waals surface area contributed by atoms with Crippen molar-refractivity contribution >= 4 is 23.2 Å². The number of halogens is 5. The summed E-state index contributed by atoms with van der Waals surface area (Å²) in [5.74, 6) is 0.294. The highest BCUT2D eigenvalue weighted by Crippen LogP contribution is 2.40. The van der Waals surface area contributed by atoms with Gasteiger partial charge >= 0.3 is 6.18 Å². The first-order valence-corrected chi connectivity index (χ1v) is 7.35. The van der Waals surface area contributed by atoms with Crippen molar-refractivity contribution < 1.29 is 22.3 Å². The van der Waals surface area contributed by atoms with E-state index < -0.39 is 11.9 Å². The Morgan fingerprint density at radius 2 is 1.71 bits per heavy atom. The highest BCUT2D eigenvalue weighted by atomic mass is 35.5. The van der Waals surface area contributed by atoms with Crippen LogP contribution in [0.2, 0.25) is 10.0 Å². The zero-order valence-corrected chi connectivity index (χ0v) is 13.3. The van der Waals surface area contributed by atoms with Crippen LogP contribution >= 0.6 is 23.2 Å². The van der Waals surface area contributed by atoms with E-state index in [4.69, 9.17) is 32.4 Å². The first-order valence-electron chi connectivity index (χ1n) is 6.59. The predicted octanol–water partition coefficient (Wildman–Crippen LogP) is 6.46. The lowest BCUT2D eigenvalue weighted by molar-refractivity contribution is -0.141. The van der Waals surface area contributed by atoms with Gasteiger partial charge in [-0.3, -0.25) is 0 Å². The number of hydrogen-bond acceptors (Lipinski definition) is 3. The summed E-state index contributed by atoms with van der Waals surface area (Å²) in [6, 6.07) is 9.80. The number of furan rings is 1. The molecule has 0 atom stereocenters. The molecule has 24 heavy (non-hydrogen) atoms. The molecule has 0 bridgehead atoms. The van der Waals surface area contributed by atoms with Crippen molar-refractivity contribution in [3.8, 4) is 23.0 Å². The van der Waals surface area contributed by atoms with E-state index in [1.54, 1.807) is 12.1 Å². The van der Waals surface area contributed by atoms with Gasteiger partial charge in [-0.15, -0.1) is 0 Å². The molecule has 2 aromatic heterocycles. The fourth-order valence-corrected chi connectivity index (χ4v) is 2.54. The molecule has 0 saturated carbocycles. The molecule has 0 aliphatic heterocycles. The Hall–Kier alpha value is -2.18. The van der Waals surface area contributed by atoms with Gasteiger partial charge in [0.05, 0.1) is 16.3 Å². The fourth-order valence-electron chi connectivity index (χ4n) is 1.98. The first kappa shape index (κ1) is 16.7. The average molecular weight is 374 g/mol. The largest absolute Gasteiger partial charge is 0.464 e. The molecule has 0 spiro atoms. The van der Waals surface area contributed by atoms with Crippen LogP contribution in [0.3, 0.4) is 0 Å². The zero-order valence-electron chi connectivity index (χ0n) is 11.8. The van der Waals surface area contributed by atoms with Gasteiger partial charge in [-0.1, -0.05) is 29.3 Å². The molecule has 0 aliphatic rings. The molecule has 0 unspecified atom stereocenters. The van der Waals surface area contributed by atoms with Gasteiger partial charge in [-0.2, -0.15) is 13.2 Å². The monoisotopic (exact) mass is 373 g/mol. The molecule has 0 fully saturated rings. The quantitative estimate of drug-likeness (QED) is 0.528. The second-order valence-corrected chi connectivity index (χ2v) is 5.52. The van der Waals surface area contributed by atoms with E-state index in [2.05, 4.69) is 4.98 Å². The number of rotatable bonds is 3. The third-order valence-electron chi connectivity index (χ3n) is 3.02. The number of hydrogen-bond donors (Lipinski definition) is 0. The number of ether oxygens (including phenoxy) is 1. The van der Waals surface area contributed by atoms with Crippen LogP contribution in [0.25, 0.3) is 11.3 Å². The Kier molecular flexibility index (Phi) is 4.43. The summed E-state index contributed by atoms with van der Waals surface area (Å²) in [7, 11) is 0. The maximum atomic E-state index is 12.7. The van der Waals surface area contributed by atoms with E-state index in [0.717, 1.165) is 6.07 Å². The molecular weight excluding hydrogens is 366 g/mol. The van der Waals surface area contributed by atoms with Crippen molar-refractivity contribution in [2.45, 2.75) is 6.18 Å². The van der Waals surface area contributed by atoms with Crippen molar-refractivity contribution in [2.75, 3.05) is 0 Å². The average Bonchev–Trinajstić information content (AvgIpc) is 3.04. The molecule has 0 radical (unpaired) electrons. The standard InChI is InChI=1S/C16H8Cl2F3NO2/c17-10-7-9(12-3-2-6-23-12)8-11(18)15(10)24-14-5-1-4-13(22-14)16(19,20)21/h1-8H. The third kappa shape index (κ3) is 3.49. The molecule has 1 aromatic carbocycles. The van der Waals surface area contributed by atoms with Gasteiger partial charge in [-0.25, -0.2) is 4.98 Å². The van der Waals surface area contributed by atoms with Crippen LogP contribution in [0.15, 0.2) is 53.1 Å². The van der Waals surface area contributed by atoms with Crippen LogP contribution in [0.4, 0.5) is 13.2 Å². The van der Waals surface area contributed by atoms with Gasteiger partial charge in [0.1, 0.15) is 11.5 Å². The Morgan fingerprint density at radius 3 is 2.29 bits per heavy atom. The van der Waals surface area contributed by atoms with E-state index in [1.807, 2.05) is 0 Å². The Balaban J connectivity index is 1.94. The van der Waals surface area contributed by atoms with Crippen molar-refractivity contribution in [3.05, 3.63) is 64.5 Å². The van der Waals surface area contributed by atoms with Gasteiger partial charge in [0.15, 0.2) is 5.75 Å². The Bertz CT molecular complexity index is 841. The fraction of sp³-hybridized carbons (Fsp3) is 0.0625. The van der Waals surface area contributed by atoms with Crippen LogP contribution in [0.1, 0.15) is 5.69 Å². The molecule has 8 heteroatoms. The number of aromatic nitrogens is 1. The first-order chi connectivity index (χ1) is 11.3. The predicted molar refractivity (Wildman–Crippen MR) is 83.5 cm³/mol. The van der Waals surface area contributed by atoms with Gasteiger partial charge in [0.25, 0.3) is 0 Å². The summed E-state index contributed by atoms with van der Waals surface area (Å²) in [5, 5.41) is 0.237. The SMILES string of the molecule is FC(F)(F)c1cccc(Oc2c(Cl)cc(-c3ccco3)cc2Cl)n1. The summed E-state index contributed by atoms with van der Waals surface area (Å²) in [6.07, 6.45) is -3.08. The van der Waals surface area contributed by atoms with Gasteiger partial charge < -0.3 is 9.15 Å². The number of pyridine rings is 1. The normalized spacial score (nSPS) is 11.5. The number of nitrogens with zero attached hydrogens (tertiary/aromatic N) is 1. The number of benzene rings is 1. The molecular formula is C16H8Cl2F3NO2. The minimum absolute atomic E-state index is 0.0143. The van der Waals surface area contributed by atoms with Crippen LogP contribution in [0, 0.1) is 0 Å². The van der Waals surface area contributed by atoms with Crippen LogP contribution in [0.5, 0.6) is 11.6 Å². The molecule has 2 heterocycles. The van der Waals surface area contributed by atoms with Crippen LogP contribution in [-0.2, 0) is 6.18 Å². The molecule has 0 aliphatic carbocycles. The molecule has 3 nitrogen and oxygen atoms in total. The number of alkyl halides is 3. The summed E-state index contributed by atoms with van der Waals surface area (Å²) < 4.78 is 48.7. The van der Waals surface area contributed by atoms with Crippen LogP contribution in [-0.4, -0.2) is 4.98 Å². The topological polar surface area (TPSA) is 35.3 Å². The minimum atomic E-state index is -4.57. The maximum Gasteiger partial charge on any atom is 0.433 e. The molecule has 124 valence electrons. The molecule has 0 saturated heterocycles. The van der Waals surface area contributed by atoms with Gasteiger partial charge in [-0.05, 0) is 30.3 Å². The van der Waals surface area contributed by atoms with E-state index >= 15 is 0 Å². The highest BCUT2D eigenvalue weighted by molar-refractivity contribution is 6.37. The molecule has 0 amide bonds. The third-order valence-corrected chi connectivity index (χ3v) is 3.59. The van der Waals surface area contributed by atoms with E-state index in [1.165, 1.54) is 30.5 Å². The van der Waals surface area contributed by atoms with Crippen molar-refractivity contribution in [1.82, 2.24) is 4.98 Å². The van der Waals surface area contributed by atoms with Crippen LogP contribution < -0.4 is 4.74 Å². The maximum absolute atomic E-state index is 12.7. The molecule has 3 aromatic rings. The molecule has 0 N–H and O–H groups in total. The summed E-state index contributed by atoms with van der Waals surface area (Å²) in [4.78, 5) is 3.41. The van der Waals surface area contributed by atoms with Crippen molar-refractivity contribution in [1.29, 1.82) is 0 Å². The lowest BCUT2D eigenvalue weighted by Crippen LogP contribution is -2.08. The smallest absolute Gasteiger partial charge is 0.433 e. The Labute approximate surface area is 144 Å². The zero-order chi connectivity index (χ0) is 17.3. The van der Waals surface area contributed by atoms with E-state index in [9.17, 15) is 13.2 Å². The second-order valence-electron chi connectivity index (χ2n) is 4.71. The summed E-state index contributed by atoms with van der Waals surface area (Å²) >= 11 is 12.3. The van der Waals surface area contributed by atoms with Gasteiger partial charge in [0, 0.05) is 11.6 Å². The molecule has 3 rings (SSSR count). The van der Waals surface area contributed by atoms with Crippen molar-refractivity contribution in [3.63, 3.8) is 0 Å². The summed E-state index contributed by atoms with van der Waals surface area (Å²) in [5.41, 5.74) is -0.459. The lowest BCUT2D eigenvalue weighted by atomic mass is 10.1. The lowest BCUT2D eigenvalue weighted by Gasteiger charge is -2.12.